The van der Waals surface area contributed by atoms with Gasteiger partial charge in [0.05, 0.1) is 30.5 Å². The molecule has 1 aromatic carbocycles. The molecule has 0 amide bonds. The number of hydrogen-bond donors (Lipinski definition) is 1. The van der Waals surface area contributed by atoms with E-state index in [1.54, 1.807) is 18.5 Å². The average molecular weight is 498 g/mol. The van der Waals surface area contributed by atoms with Crippen molar-refractivity contribution >= 4 is 23.3 Å². The zero-order chi connectivity index (χ0) is 25.2. The van der Waals surface area contributed by atoms with E-state index in [-0.39, 0.29) is 18.1 Å². The lowest BCUT2D eigenvalue weighted by Crippen LogP contribution is -2.29. The van der Waals surface area contributed by atoms with Crippen LogP contribution in [0.4, 0.5) is 0 Å². The fraction of sp³-hybridized carbons (Fsp3) is 0.214. The summed E-state index contributed by atoms with van der Waals surface area (Å²) in [6.45, 7) is 4.82. The van der Waals surface area contributed by atoms with Gasteiger partial charge in [0.2, 0.25) is 0 Å². The van der Waals surface area contributed by atoms with Crippen molar-refractivity contribution in [2.24, 2.45) is 0 Å². The number of thiocarbonyl (C=S) groups is 1. The SMILES string of the molecule is COC(=O)c1cccc(-n2c(C)cc([C@H]3[C@@H](c4ccccn4)NC(=S)N3Cc3ccncc3)c2C)c1. The summed E-state index contributed by atoms with van der Waals surface area (Å²) in [5, 5.41) is 4.21. The Kier molecular flexibility index (Phi) is 6.52. The third-order valence-corrected chi connectivity index (χ3v) is 6.97. The molecule has 5 rings (SSSR count). The maximum absolute atomic E-state index is 12.2. The van der Waals surface area contributed by atoms with Crippen molar-refractivity contribution in [3.8, 4) is 5.69 Å². The van der Waals surface area contributed by atoms with Gasteiger partial charge in [-0.25, -0.2) is 4.79 Å². The standard InChI is InChI=1S/C28H27N5O2S/c1-18-15-23(19(2)33(18)22-8-6-7-21(16-22)27(34)35-3)26-25(24-9-4-5-12-30-24)31-28(36)32(26)17-20-10-13-29-14-11-20/h4-16,25-26H,17H2,1-3H3,(H,31,36)/t25-,26+/m1/s1. The van der Waals surface area contributed by atoms with E-state index in [2.05, 4.69) is 44.7 Å². The molecular weight excluding hydrogens is 470 g/mol. The molecule has 0 aliphatic carbocycles. The first kappa shape index (κ1) is 23.7. The van der Waals surface area contributed by atoms with Crippen molar-refractivity contribution in [2.45, 2.75) is 32.5 Å². The van der Waals surface area contributed by atoms with Crippen molar-refractivity contribution in [1.82, 2.24) is 24.8 Å². The maximum atomic E-state index is 12.2. The third-order valence-electron chi connectivity index (χ3n) is 6.61. The summed E-state index contributed by atoms with van der Waals surface area (Å²) in [5.74, 6) is -0.358. The van der Waals surface area contributed by atoms with Gasteiger partial charge in [-0.1, -0.05) is 12.1 Å². The molecule has 0 bridgehead atoms. The minimum absolute atomic E-state index is 0.0793. The van der Waals surface area contributed by atoms with E-state index in [0.29, 0.717) is 17.2 Å². The highest BCUT2D eigenvalue weighted by molar-refractivity contribution is 7.80. The molecule has 36 heavy (non-hydrogen) atoms. The van der Waals surface area contributed by atoms with Gasteiger partial charge in [-0.05, 0) is 85.7 Å². The highest BCUT2D eigenvalue weighted by Crippen LogP contribution is 2.42. The summed E-state index contributed by atoms with van der Waals surface area (Å²) in [7, 11) is 1.39. The van der Waals surface area contributed by atoms with Crippen molar-refractivity contribution in [3.63, 3.8) is 0 Å². The van der Waals surface area contributed by atoms with Crippen molar-refractivity contribution < 1.29 is 9.53 Å². The summed E-state index contributed by atoms with van der Waals surface area (Å²) in [6.07, 6.45) is 5.41. The van der Waals surface area contributed by atoms with Gasteiger partial charge >= 0.3 is 5.97 Å². The van der Waals surface area contributed by atoms with Crippen LogP contribution in [0, 0.1) is 13.8 Å². The first-order valence-corrected chi connectivity index (χ1v) is 12.1. The molecule has 2 atom stereocenters. The Bertz CT molecular complexity index is 1400. The molecule has 7 nitrogen and oxygen atoms in total. The van der Waals surface area contributed by atoms with E-state index < -0.39 is 0 Å². The fourth-order valence-electron chi connectivity index (χ4n) is 4.97. The van der Waals surface area contributed by atoms with Crippen LogP contribution in [0.5, 0.6) is 0 Å². The Morgan fingerprint density at radius 3 is 2.58 bits per heavy atom. The molecule has 1 fully saturated rings. The quantitative estimate of drug-likeness (QED) is 0.302. The predicted molar refractivity (Wildman–Crippen MR) is 142 cm³/mol. The molecule has 0 spiro atoms. The smallest absolute Gasteiger partial charge is 0.337 e. The predicted octanol–water partition coefficient (Wildman–Crippen LogP) is 4.84. The number of carbonyl (C=O) groups excluding carboxylic acids is 1. The zero-order valence-corrected chi connectivity index (χ0v) is 21.2. The Labute approximate surface area is 215 Å². The van der Waals surface area contributed by atoms with Crippen LogP contribution in [0.15, 0.2) is 79.3 Å². The van der Waals surface area contributed by atoms with Gasteiger partial charge in [-0.2, -0.15) is 0 Å². The third kappa shape index (κ3) is 4.35. The lowest BCUT2D eigenvalue weighted by atomic mass is 9.96. The molecule has 0 unspecified atom stereocenters. The number of rotatable bonds is 6. The van der Waals surface area contributed by atoms with E-state index >= 15 is 0 Å². The van der Waals surface area contributed by atoms with Crippen LogP contribution in [-0.4, -0.2) is 37.6 Å². The van der Waals surface area contributed by atoms with Crippen LogP contribution >= 0.6 is 12.2 Å². The number of aromatic nitrogens is 3. The minimum atomic E-state index is -0.358. The van der Waals surface area contributed by atoms with Gasteiger partial charge in [0, 0.05) is 42.2 Å². The highest BCUT2D eigenvalue weighted by atomic mass is 32.1. The molecule has 0 saturated carbocycles. The Morgan fingerprint density at radius 2 is 1.86 bits per heavy atom. The first-order chi connectivity index (χ1) is 17.5. The molecule has 1 N–H and O–H groups in total. The van der Waals surface area contributed by atoms with Gasteiger partial charge < -0.3 is 19.5 Å². The fourth-order valence-corrected chi connectivity index (χ4v) is 5.28. The van der Waals surface area contributed by atoms with E-state index in [4.69, 9.17) is 17.0 Å². The normalized spacial score (nSPS) is 17.2. The molecule has 1 saturated heterocycles. The van der Waals surface area contributed by atoms with E-state index in [1.807, 2.05) is 54.7 Å². The van der Waals surface area contributed by atoms with E-state index in [0.717, 1.165) is 33.9 Å². The van der Waals surface area contributed by atoms with Gasteiger partial charge in [-0.15, -0.1) is 0 Å². The lowest BCUT2D eigenvalue weighted by molar-refractivity contribution is 0.0600. The molecule has 4 aromatic rings. The van der Waals surface area contributed by atoms with Crippen LogP contribution in [-0.2, 0) is 11.3 Å². The summed E-state index contributed by atoms with van der Waals surface area (Å²) in [5.41, 5.74) is 6.76. The number of pyridine rings is 2. The molecule has 3 aromatic heterocycles. The second kappa shape index (κ2) is 9.91. The number of esters is 1. The Morgan fingerprint density at radius 1 is 1.06 bits per heavy atom. The second-order valence-corrected chi connectivity index (χ2v) is 9.20. The number of methoxy groups -OCH3 is 1. The van der Waals surface area contributed by atoms with Gasteiger partial charge in [0.1, 0.15) is 0 Å². The first-order valence-electron chi connectivity index (χ1n) is 11.7. The number of ether oxygens (including phenoxy) is 1. The van der Waals surface area contributed by atoms with Crippen LogP contribution in [0.2, 0.25) is 0 Å². The average Bonchev–Trinajstić information content (AvgIpc) is 3.39. The summed E-state index contributed by atoms with van der Waals surface area (Å²) in [4.78, 5) is 23.2. The summed E-state index contributed by atoms with van der Waals surface area (Å²) < 4.78 is 7.10. The van der Waals surface area contributed by atoms with Gasteiger partial charge in [0.25, 0.3) is 0 Å². The molecule has 1 aliphatic rings. The second-order valence-electron chi connectivity index (χ2n) is 8.81. The lowest BCUT2D eigenvalue weighted by Gasteiger charge is -2.28. The van der Waals surface area contributed by atoms with Crippen LogP contribution in [0.1, 0.15) is 50.7 Å². The molecule has 4 heterocycles. The van der Waals surface area contributed by atoms with E-state index in [9.17, 15) is 4.79 Å². The minimum Gasteiger partial charge on any atom is -0.465 e. The summed E-state index contributed by atoms with van der Waals surface area (Å²) >= 11 is 5.84. The monoisotopic (exact) mass is 497 g/mol. The molecule has 1 aliphatic heterocycles. The number of aryl methyl sites for hydroxylation is 1. The Hall–Kier alpha value is -4.04. The topological polar surface area (TPSA) is 72.3 Å². The van der Waals surface area contributed by atoms with Crippen molar-refractivity contribution in [3.05, 3.63) is 113 Å². The number of carbonyl (C=O) groups is 1. The number of hydrogen-bond acceptors (Lipinski definition) is 5. The van der Waals surface area contributed by atoms with Gasteiger partial charge in [-0.3, -0.25) is 9.97 Å². The van der Waals surface area contributed by atoms with Crippen LogP contribution in [0.25, 0.3) is 5.69 Å². The maximum Gasteiger partial charge on any atom is 0.337 e. The number of nitrogens with zero attached hydrogens (tertiary/aromatic N) is 4. The van der Waals surface area contributed by atoms with Crippen molar-refractivity contribution in [2.75, 3.05) is 7.11 Å². The van der Waals surface area contributed by atoms with Crippen LogP contribution < -0.4 is 5.32 Å². The van der Waals surface area contributed by atoms with Crippen molar-refractivity contribution in [1.29, 1.82) is 0 Å². The molecule has 8 heteroatoms. The van der Waals surface area contributed by atoms with Gasteiger partial charge in [0.15, 0.2) is 5.11 Å². The number of nitrogens with one attached hydrogen (secondary N) is 1. The van der Waals surface area contributed by atoms with Crippen LogP contribution in [0.3, 0.4) is 0 Å². The summed E-state index contributed by atoms with van der Waals surface area (Å²) in [6, 6.07) is 19.5. The highest BCUT2D eigenvalue weighted by Gasteiger charge is 2.41. The zero-order valence-electron chi connectivity index (χ0n) is 20.4. The largest absolute Gasteiger partial charge is 0.465 e. The number of benzene rings is 1. The molecule has 182 valence electrons. The Balaban J connectivity index is 1.61. The molecular formula is C28H27N5O2S. The van der Waals surface area contributed by atoms with E-state index in [1.165, 1.54) is 7.11 Å². The molecule has 0 radical (unpaired) electrons.